The van der Waals surface area contributed by atoms with Crippen LogP contribution in [0.2, 0.25) is 0 Å². The van der Waals surface area contributed by atoms with Crippen LogP contribution in [0.5, 0.6) is 0 Å². The van der Waals surface area contributed by atoms with E-state index in [2.05, 4.69) is 190 Å². The van der Waals surface area contributed by atoms with Crippen LogP contribution >= 0.6 is 15.9 Å². The lowest BCUT2D eigenvalue weighted by Crippen LogP contribution is -2.28. The lowest BCUT2D eigenvalue weighted by atomic mass is 9.67. The average Bonchev–Trinajstić information content (AvgIpc) is 3.60. The summed E-state index contributed by atoms with van der Waals surface area (Å²) < 4.78 is 3.45. The SMILES string of the molecule is Brc1ccc(C2(c3ccc(-c4ccc(-n5c6ccccc6c6ccccc65)cc4)cc3)c3ccccc3-c3ccccc32)cc1. The fourth-order valence-corrected chi connectivity index (χ4v) is 7.90. The van der Waals surface area contributed by atoms with E-state index in [-0.39, 0.29) is 0 Å². The maximum Gasteiger partial charge on any atom is 0.0713 e. The second-order valence-corrected chi connectivity index (χ2v) is 12.8. The lowest BCUT2D eigenvalue weighted by molar-refractivity contribution is 0.768. The molecule has 45 heavy (non-hydrogen) atoms. The lowest BCUT2D eigenvalue weighted by Gasteiger charge is -2.34. The molecule has 0 atom stereocenters. The molecule has 8 aromatic rings. The Morgan fingerprint density at radius 1 is 0.400 bits per heavy atom. The van der Waals surface area contributed by atoms with Crippen LogP contribution in [0.1, 0.15) is 22.3 Å². The molecule has 0 N–H and O–H groups in total. The van der Waals surface area contributed by atoms with Gasteiger partial charge in [-0.1, -0.05) is 149 Å². The van der Waals surface area contributed by atoms with Gasteiger partial charge in [0.1, 0.15) is 0 Å². The molecule has 1 nitrogen and oxygen atoms in total. The molecular weight excluding hydrogens is 610 g/mol. The summed E-state index contributed by atoms with van der Waals surface area (Å²) in [6, 6.07) is 62.2. The molecule has 212 valence electrons. The molecule has 0 bridgehead atoms. The van der Waals surface area contributed by atoms with Gasteiger partial charge in [0.2, 0.25) is 0 Å². The number of hydrogen-bond donors (Lipinski definition) is 0. The number of aromatic nitrogens is 1. The Bertz CT molecular complexity index is 2260. The zero-order valence-corrected chi connectivity index (χ0v) is 26.1. The van der Waals surface area contributed by atoms with Crippen molar-refractivity contribution in [3.63, 3.8) is 0 Å². The average molecular weight is 639 g/mol. The molecule has 1 aromatic heterocycles. The van der Waals surface area contributed by atoms with E-state index in [4.69, 9.17) is 0 Å². The van der Waals surface area contributed by atoms with Crippen LogP contribution in [0, 0.1) is 0 Å². The van der Waals surface area contributed by atoms with Crippen molar-refractivity contribution in [2.24, 2.45) is 0 Å². The first-order chi connectivity index (χ1) is 22.2. The maximum absolute atomic E-state index is 3.67. The van der Waals surface area contributed by atoms with Gasteiger partial charge in [-0.25, -0.2) is 0 Å². The van der Waals surface area contributed by atoms with Crippen LogP contribution in [-0.2, 0) is 5.41 Å². The summed E-state index contributed by atoms with van der Waals surface area (Å²) in [6.07, 6.45) is 0. The normalized spacial score (nSPS) is 13.2. The second kappa shape index (κ2) is 10.2. The first kappa shape index (κ1) is 26.2. The third kappa shape index (κ3) is 3.86. The molecule has 7 aromatic carbocycles. The molecule has 0 amide bonds. The summed E-state index contributed by atoms with van der Waals surface area (Å²) in [6.45, 7) is 0. The van der Waals surface area contributed by atoms with Crippen LogP contribution in [0.15, 0.2) is 174 Å². The smallest absolute Gasteiger partial charge is 0.0713 e. The minimum Gasteiger partial charge on any atom is -0.309 e. The number of nitrogens with zero attached hydrogens (tertiary/aromatic N) is 1. The van der Waals surface area contributed by atoms with Crippen LogP contribution in [0.4, 0.5) is 0 Å². The summed E-state index contributed by atoms with van der Waals surface area (Å²) in [5.41, 5.74) is 13.5. The maximum atomic E-state index is 3.67. The number of fused-ring (bicyclic) bond motifs is 6. The fraction of sp³-hybridized carbons (Fsp3) is 0.0233. The monoisotopic (exact) mass is 637 g/mol. The zero-order valence-electron chi connectivity index (χ0n) is 24.5. The third-order valence-electron chi connectivity index (χ3n) is 9.59. The molecule has 0 aliphatic heterocycles. The van der Waals surface area contributed by atoms with E-state index in [0.29, 0.717) is 0 Å². The minimum absolute atomic E-state index is 0.396. The number of para-hydroxylation sites is 2. The topological polar surface area (TPSA) is 4.93 Å². The van der Waals surface area contributed by atoms with Gasteiger partial charge in [-0.05, 0) is 80.9 Å². The predicted octanol–water partition coefficient (Wildman–Crippen LogP) is 11.6. The van der Waals surface area contributed by atoms with E-state index in [1.807, 2.05) is 0 Å². The van der Waals surface area contributed by atoms with Crippen molar-refractivity contribution < 1.29 is 0 Å². The molecule has 1 aliphatic rings. The van der Waals surface area contributed by atoms with Gasteiger partial charge in [-0.15, -0.1) is 0 Å². The quantitative estimate of drug-likeness (QED) is 0.181. The Labute approximate surface area is 271 Å². The van der Waals surface area contributed by atoms with E-state index in [1.54, 1.807) is 0 Å². The standard InChI is InChI=1S/C43H28BrN/c44-33-25-23-32(24-26-33)43(39-13-5-1-9-35(39)36-10-2-6-14-40(36)43)31-21-17-29(18-22-31)30-19-27-34(28-20-30)45-41-15-7-3-11-37(41)38-12-4-8-16-42(38)45/h1-28H. The Balaban J connectivity index is 1.16. The van der Waals surface area contributed by atoms with E-state index in [1.165, 1.54) is 72.0 Å². The second-order valence-electron chi connectivity index (χ2n) is 11.8. The van der Waals surface area contributed by atoms with Crippen LogP contribution in [0.3, 0.4) is 0 Å². The van der Waals surface area contributed by atoms with Crippen LogP contribution < -0.4 is 0 Å². The van der Waals surface area contributed by atoms with Crippen LogP contribution in [0.25, 0.3) is 49.7 Å². The van der Waals surface area contributed by atoms with E-state index < -0.39 is 5.41 Å². The van der Waals surface area contributed by atoms with Gasteiger partial charge < -0.3 is 4.57 Å². The van der Waals surface area contributed by atoms with Gasteiger partial charge in [0.25, 0.3) is 0 Å². The number of hydrogen-bond acceptors (Lipinski definition) is 0. The van der Waals surface area contributed by atoms with Gasteiger partial charge >= 0.3 is 0 Å². The highest BCUT2D eigenvalue weighted by atomic mass is 79.9. The first-order valence-electron chi connectivity index (χ1n) is 15.4. The molecule has 0 saturated heterocycles. The van der Waals surface area contributed by atoms with E-state index >= 15 is 0 Å². The Hall–Kier alpha value is -5.18. The highest BCUT2D eigenvalue weighted by Crippen LogP contribution is 2.56. The molecule has 0 radical (unpaired) electrons. The molecule has 0 spiro atoms. The van der Waals surface area contributed by atoms with Crippen molar-refractivity contribution in [3.8, 4) is 27.9 Å². The Kier molecular flexibility index (Phi) is 5.94. The summed E-state index contributed by atoms with van der Waals surface area (Å²) >= 11 is 3.67. The highest BCUT2D eigenvalue weighted by molar-refractivity contribution is 9.10. The molecule has 0 saturated carbocycles. The Morgan fingerprint density at radius 3 is 1.36 bits per heavy atom. The zero-order chi connectivity index (χ0) is 30.0. The van der Waals surface area contributed by atoms with Gasteiger partial charge in [0.15, 0.2) is 0 Å². The number of benzene rings is 7. The molecule has 1 aliphatic carbocycles. The predicted molar refractivity (Wildman–Crippen MR) is 191 cm³/mol. The Morgan fingerprint density at radius 2 is 0.822 bits per heavy atom. The van der Waals surface area contributed by atoms with Crippen molar-refractivity contribution in [2.45, 2.75) is 5.41 Å². The van der Waals surface area contributed by atoms with Gasteiger partial charge in [0, 0.05) is 20.9 Å². The number of rotatable bonds is 4. The van der Waals surface area contributed by atoms with Crippen molar-refractivity contribution in [1.82, 2.24) is 4.57 Å². The van der Waals surface area contributed by atoms with E-state index in [0.717, 1.165) is 4.47 Å². The molecule has 2 heteroatoms. The fourth-order valence-electron chi connectivity index (χ4n) is 7.64. The molecule has 0 fully saturated rings. The summed E-state index contributed by atoms with van der Waals surface area (Å²) in [5.74, 6) is 0. The third-order valence-corrected chi connectivity index (χ3v) is 10.1. The molecule has 0 unspecified atom stereocenters. The summed E-state index contributed by atoms with van der Waals surface area (Å²) in [4.78, 5) is 0. The molecular formula is C43H28BrN. The van der Waals surface area contributed by atoms with Crippen molar-refractivity contribution in [1.29, 1.82) is 0 Å². The van der Waals surface area contributed by atoms with Gasteiger partial charge in [-0.2, -0.15) is 0 Å². The summed E-state index contributed by atoms with van der Waals surface area (Å²) in [7, 11) is 0. The number of halogens is 1. The molecule has 9 rings (SSSR count). The van der Waals surface area contributed by atoms with Crippen molar-refractivity contribution in [2.75, 3.05) is 0 Å². The van der Waals surface area contributed by atoms with Crippen LogP contribution in [-0.4, -0.2) is 4.57 Å². The van der Waals surface area contributed by atoms with Crippen molar-refractivity contribution >= 4 is 37.7 Å². The minimum atomic E-state index is -0.396. The van der Waals surface area contributed by atoms with Crippen molar-refractivity contribution in [3.05, 3.63) is 197 Å². The van der Waals surface area contributed by atoms with Gasteiger partial charge in [0.05, 0.1) is 16.4 Å². The largest absolute Gasteiger partial charge is 0.309 e. The highest BCUT2D eigenvalue weighted by Gasteiger charge is 2.45. The van der Waals surface area contributed by atoms with Gasteiger partial charge in [-0.3, -0.25) is 0 Å². The van der Waals surface area contributed by atoms with E-state index in [9.17, 15) is 0 Å². The first-order valence-corrected chi connectivity index (χ1v) is 16.2. The summed E-state index contributed by atoms with van der Waals surface area (Å²) in [5, 5.41) is 2.56. The molecule has 1 heterocycles.